The van der Waals surface area contributed by atoms with E-state index in [1.165, 1.54) is 12.0 Å². The molecule has 5 rings (SSSR count). The van der Waals surface area contributed by atoms with Gasteiger partial charge in [-0.25, -0.2) is 0 Å². The number of hydrogen-bond donors (Lipinski definition) is 3. The Morgan fingerprint density at radius 1 is 1.09 bits per heavy atom. The van der Waals surface area contributed by atoms with Gasteiger partial charge in [-0.05, 0) is 25.0 Å². The maximum atomic E-state index is 13.8. The molecule has 3 aliphatic rings. The Bertz CT molecular complexity index is 1160. The molecule has 0 bridgehead atoms. The lowest BCUT2D eigenvalue weighted by Crippen LogP contribution is -2.54. The first-order valence-electron chi connectivity index (χ1n) is 11.2. The van der Waals surface area contributed by atoms with Gasteiger partial charge < -0.3 is 15.2 Å². The van der Waals surface area contributed by atoms with Gasteiger partial charge in [0.25, 0.3) is 0 Å². The van der Waals surface area contributed by atoms with E-state index in [1.807, 2.05) is 37.3 Å². The molecular formula is C25H27N3O5. The van der Waals surface area contributed by atoms with Crippen molar-refractivity contribution in [3.05, 3.63) is 59.2 Å². The summed E-state index contributed by atoms with van der Waals surface area (Å²) in [4.78, 5) is 42.1. The third-order valence-electron chi connectivity index (χ3n) is 7.28. The fourth-order valence-electron chi connectivity index (χ4n) is 5.75. The fraction of sp³-hybridized carbons (Fsp3) is 0.400. The second kappa shape index (κ2) is 7.67. The normalized spacial score (nSPS) is 28.8. The molecule has 3 heterocycles. The first-order valence-corrected chi connectivity index (χ1v) is 11.2. The van der Waals surface area contributed by atoms with Gasteiger partial charge in [0.2, 0.25) is 17.7 Å². The number of hydrogen-bond acceptors (Lipinski definition) is 6. The summed E-state index contributed by atoms with van der Waals surface area (Å²) in [7, 11) is 1.54. The predicted octanol–water partition coefficient (Wildman–Crippen LogP) is 1.56. The van der Waals surface area contributed by atoms with Gasteiger partial charge in [-0.1, -0.05) is 43.3 Å². The van der Waals surface area contributed by atoms with Crippen LogP contribution in [0.2, 0.25) is 0 Å². The predicted molar refractivity (Wildman–Crippen MR) is 120 cm³/mol. The van der Waals surface area contributed by atoms with E-state index < -0.39 is 35.4 Å². The zero-order chi connectivity index (χ0) is 23.5. The number of methoxy groups -OCH3 is 1. The van der Waals surface area contributed by atoms with Crippen LogP contribution in [0.4, 0.5) is 5.69 Å². The second-order valence-corrected chi connectivity index (χ2v) is 8.94. The number of fused-ring (bicyclic) bond motifs is 4. The number of imide groups is 1. The molecule has 0 saturated carbocycles. The van der Waals surface area contributed by atoms with Crippen molar-refractivity contribution in [1.29, 1.82) is 0 Å². The lowest BCUT2D eigenvalue weighted by molar-refractivity contribution is -0.143. The van der Waals surface area contributed by atoms with Gasteiger partial charge in [0.15, 0.2) is 0 Å². The number of likely N-dealkylation sites (tertiary alicyclic amines) is 1. The summed E-state index contributed by atoms with van der Waals surface area (Å²) in [5.41, 5.74) is 1.59. The summed E-state index contributed by atoms with van der Waals surface area (Å²) in [5.74, 6) is -2.40. The quantitative estimate of drug-likeness (QED) is 0.598. The number of rotatable bonds is 5. The van der Waals surface area contributed by atoms with Crippen molar-refractivity contribution in [3.8, 4) is 5.75 Å². The highest BCUT2D eigenvalue weighted by molar-refractivity contribution is 6.15. The number of carbonyl (C=O) groups excluding carboxylic acids is 3. The third kappa shape index (κ3) is 2.87. The maximum absolute atomic E-state index is 13.8. The molecule has 8 nitrogen and oxygen atoms in total. The van der Waals surface area contributed by atoms with Gasteiger partial charge in [0.1, 0.15) is 11.3 Å². The van der Waals surface area contributed by atoms with Crippen LogP contribution >= 0.6 is 0 Å². The lowest BCUT2D eigenvalue weighted by Gasteiger charge is -2.30. The number of ether oxygens (including phenoxy) is 1. The number of nitrogens with one attached hydrogen (secondary N) is 2. The van der Waals surface area contributed by atoms with Crippen molar-refractivity contribution < 1.29 is 24.2 Å². The summed E-state index contributed by atoms with van der Waals surface area (Å²) < 4.78 is 5.40. The van der Waals surface area contributed by atoms with Crippen molar-refractivity contribution in [3.63, 3.8) is 0 Å². The topological polar surface area (TPSA) is 108 Å². The number of carbonyl (C=O) groups is 3. The number of para-hydroxylation sites is 2. The monoisotopic (exact) mass is 449 g/mol. The molecule has 3 N–H and O–H groups in total. The molecule has 33 heavy (non-hydrogen) atoms. The molecule has 1 spiro atoms. The molecule has 3 aliphatic heterocycles. The van der Waals surface area contributed by atoms with Crippen molar-refractivity contribution >= 4 is 23.4 Å². The summed E-state index contributed by atoms with van der Waals surface area (Å²) in [6.45, 7) is 3.61. The number of anilines is 1. The Morgan fingerprint density at radius 3 is 2.52 bits per heavy atom. The van der Waals surface area contributed by atoms with Gasteiger partial charge in [0.05, 0.1) is 31.6 Å². The van der Waals surface area contributed by atoms with Gasteiger partial charge in [0, 0.05) is 22.9 Å². The molecule has 0 radical (unpaired) electrons. The molecule has 2 fully saturated rings. The molecule has 172 valence electrons. The highest BCUT2D eigenvalue weighted by Crippen LogP contribution is 2.54. The SMILES string of the molecule is CCc1cccc2c1NC(=O)[C@@]21N[C@@H]([C@@H](C)O)[C@H]2C(=O)N(Cc3ccccc3OC)C(=O)[C@H]21. The number of aliphatic hydroxyl groups excluding tert-OH is 1. The lowest BCUT2D eigenvalue weighted by atomic mass is 9.76. The summed E-state index contributed by atoms with van der Waals surface area (Å²) in [6, 6.07) is 12.1. The Labute approximate surface area is 191 Å². The number of amides is 3. The van der Waals surface area contributed by atoms with Crippen LogP contribution in [0.15, 0.2) is 42.5 Å². The van der Waals surface area contributed by atoms with E-state index in [2.05, 4.69) is 10.6 Å². The summed E-state index contributed by atoms with van der Waals surface area (Å²) in [5, 5.41) is 16.7. The third-order valence-corrected chi connectivity index (χ3v) is 7.28. The van der Waals surface area contributed by atoms with Gasteiger partial charge in [-0.15, -0.1) is 0 Å². The second-order valence-electron chi connectivity index (χ2n) is 8.94. The van der Waals surface area contributed by atoms with Crippen LogP contribution in [0, 0.1) is 11.8 Å². The van der Waals surface area contributed by atoms with E-state index in [0.717, 1.165) is 5.56 Å². The zero-order valence-corrected chi connectivity index (χ0v) is 18.8. The van der Waals surface area contributed by atoms with Crippen LogP contribution in [-0.2, 0) is 32.9 Å². The minimum atomic E-state index is -1.41. The van der Waals surface area contributed by atoms with Gasteiger partial charge in [-0.2, -0.15) is 0 Å². The van der Waals surface area contributed by atoms with Crippen LogP contribution < -0.4 is 15.4 Å². The minimum absolute atomic E-state index is 0.0424. The Hall–Kier alpha value is -3.23. The minimum Gasteiger partial charge on any atom is -0.496 e. The first kappa shape index (κ1) is 21.6. The van der Waals surface area contributed by atoms with E-state index in [1.54, 1.807) is 19.1 Å². The van der Waals surface area contributed by atoms with E-state index in [0.29, 0.717) is 29.0 Å². The van der Waals surface area contributed by atoms with E-state index in [4.69, 9.17) is 4.74 Å². The van der Waals surface area contributed by atoms with Crippen LogP contribution in [-0.4, -0.2) is 47.0 Å². The smallest absolute Gasteiger partial charge is 0.250 e. The molecule has 2 saturated heterocycles. The summed E-state index contributed by atoms with van der Waals surface area (Å²) >= 11 is 0. The number of nitrogens with zero attached hydrogens (tertiary/aromatic N) is 1. The maximum Gasteiger partial charge on any atom is 0.250 e. The highest BCUT2D eigenvalue weighted by atomic mass is 16.5. The molecule has 0 aliphatic carbocycles. The average Bonchev–Trinajstić information content (AvgIpc) is 3.40. The number of aliphatic hydroxyl groups is 1. The number of benzene rings is 2. The Balaban J connectivity index is 1.62. The molecular weight excluding hydrogens is 422 g/mol. The zero-order valence-electron chi connectivity index (χ0n) is 18.8. The van der Waals surface area contributed by atoms with Crippen molar-refractivity contribution in [2.24, 2.45) is 11.8 Å². The van der Waals surface area contributed by atoms with Crippen LogP contribution in [0.5, 0.6) is 5.75 Å². The van der Waals surface area contributed by atoms with E-state index in [-0.39, 0.29) is 18.4 Å². The van der Waals surface area contributed by atoms with Crippen molar-refractivity contribution in [2.45, 2.75) is 44.5 Å². The standard InChI is InChI=1S/C25H27N3O5/c1-4-14-9-7-10-16-21(14)26-24(32)25(16)19-18(20(27-25)13(2)29)22(30)28(23(19)31)12-15-8-5-6-11-17(15)33-3/h5-11,13,18-20,27,29H,4,12H2,1-3H3,(H,26,32)/t13-,18+,19+,20+,25-/m1/s1. The number of aryl methyl sites for hydroxylation is 1. The molecule has 2 aromatic carbocycles. The van der Waals surface area contributed by atoms with Crippen molar-refractivity contribution in [2.75, 3.05) is 12.4 Å². The fourth-order valence-corrected chi connectivity index (χ4v) is 5.75. The Morgan fingerprint density at radius 2 is 1.82 bits per heavy atom. The van der Waals surface area contributed by atoms with Crippen LogP contribution in [0.25, 0.3) is 0 Å². The molecule has 0 unspecified atom stereocenters. The molecule has 2 aromatic rings. The molecule has 5 atom stereocenters. The molecule has 8 heteroatoms. The van der Waals surface area contributed by atoms with Crippen LogP contribution in [0.1, 0.15) is 30.5 Å². The average molecular weight is 450 g/mol. The highest BCUT2D eigenvalue weighted by Gasteiger charge is 2.71. The first-order chi connectivity index (χ1) is 15.8. The van der Waals surface area contributed by atoms with E-state index >= 15 is 0 Å². The van der Waals surface area contributed by atoms with Crippen molar-refractivity contribution in [1.82, 2.24) is 10.2 Å². The van der Waals surface area contributed by atoms with Gasteiger partial charge in [-0.3, -0.25) is 24.6 Å². The summed E-state index contributed by atoms with van der Waals surface area (Å²) in [6.07, 6.45) is -0.230. The van der Waals surface area contributed by atoms with Gasteiger partial charge >= 0.3 is 0 Å². The van der Waals surface area contributed by atoms with E-state index in [9.17, 15) is 19.5 Å². The Kier molecular flexibility index (Phi) is 5.02. The molecule has 0 aromatic heterocycles. The largest absolute Gasteiger partial charge is 0.496 e. The van der Waals surface area contributed by atoms with Crippen LogP contribution in [0.3, 0.4) is 0 Å². The molecule has 3 amide bonds.